The molecule has 13 aliphatic rings. The summed E-state index contributed by atoms with van der Waals surface area (Å²) < 4.78 is 148. The Hall–Kier alpha value is -10.4. The highest BCUT2D eigenvalue weighted by Crippen LogP contribution is 2.48. The van der Waals surface area contributed by atoms with Crippen LogP contribution < -0.4 is 10.4 Å². The first-order chi connectivity index (χ1) is 62.8. The maximum Gasteiger partial charge on any atom is 0.430 e. The summed E-state index contributed by atoms with van der Waals surface area (Å²) >= 11 is 0. The summed E-state index contributed by atoms with van der Waals surface area (Å²) in [6.45, 7) is 14.4. The normalized spacial score (nSPS) is 31.2. The number of ether oxygens (including phenoxy) is 18. The predicted octanol–water partition coefficient (Wildman–Crippen LogP) is 8.14. The van der Waals surface area contributed by atoms with Crippen molar-refractivity contribution in [3.05, 3.63) is 251 Å². The lowest BCUT2D eigenvalue weighted by molar-refractivity contribution is -0.677. The highest BCUT2D eigenvalue weighted by molar-refractivity contribution is 5.89. The van der Waals surface area contributed by atoms with Crippen molar-refractivity contribution in [2.45, 2.75) is 253 Å². The summed E-state index contributed by atoms with van der Waals surface area (Å²) in [5, 5.41) is 40.3. The van der Waals surface area contributed by atoms with E-state index in [4.69, 9.17) is 95.2 Å². The maximum absolute atomic E-state index is 13.0. The van der Waals surface area contributed by atoms with Gasteiger partial charge < -0.3 is 116 Å². The zero-order valence-electron chi connectivity index (χ0n) is 72.6. The van der Waals surface area contributed by atoms with Gasteiger partial charge in [-0.25, -0.2) is 28.4 Å². The average molecular weight is 1850 g/mol. The minimum Gasteiger partial charge on any atom is -0.542 e. The zero-order valence-corrected chi connectivity index (χ0v) is 72.6. The molecular weight excluding hydrogens is 1740 g/mol. The van der Waals surface area contributed by atoms with Gasteiger partial charge in [-0.3, -0.25) is 19.6 Å². The van der Waals surface area contributed by atoms with Crippen LogP contribution in [0.4, 0.5) is 36.7 Å². The van der Waals surface area contributed by atoms with Crippen molar-refractivity contribution in [1.82, 2.24) is 19.6 Å². The number of hydrogen-bond donors (Lipinski definition) is 4. The van der Waals surface area contributed by atoms with Gasteiger partial charge in [0.25, 0.3) is 0 Å². The molecule has 0 radical (unpaired) electrons. The summed E-state index contributed by atoms with van der Waals surface area (Å²) in [6.07, 6.45) is -16.3. The summed E-state index contributed by atoms with van der Waals surface area (Å²) in [4.78, 5) is 78.8. The van der Waals surface area contributed by atoms with Crippen molar-refractivity contribution in [3.8, 4) is 0 Å². The number of nitrogens with zero attached hydrogens (tertiary/aromatic N) is 4. The van der Waals surface area contributed by atoms with E-state index in [2.05, 4.69) is 0 Å². The number of carbonyl (C=O) groups excluding carboxylic acids is 6. The van der Waals surface area contributed by atoms with Gasteiger partial charge >= 0.3 is 36.5 Å². The van der Waals surface area contributed by atoms with Crippen LogP contribution in [0, 0.1) is 0 Å². The second kappa shape index (κ2) is 42.9. The third-order valence-corrected chi connectivity index (χ3v) is 23.9. The summed E-state index contributed by atoms with van der Waals surface area (Å²) in [6, 6.07) is 64.8. The van der Waals surface area contributed by atoms with Gasteiger partial charge in [0.2, 0.25) is 0 Å². The molecule has 0 bridgehead atoms. The van der Waals surface area contributed by atoms with Gasteiger partial charge in [-0.15, -0.1) is 0 Å². The fourth-order valence-corrected chi connectivity index (χ4v) is 18.0. The molecule has 13 heterocycles. The molecule has 4 amide bonds. The van der Waals surface area contributed by atoms with Crippen LogP contribution in [0.2, 0.25) is 0 Å². The number of quaternary nitrogens is 1. The van der Waals surface area contributed by atoms with E-state index in [1.54, 1.807) is 61.8 Å². The van der Waals surface area contributed by atoms with Crippen LogP contribution in [0.15, 0.2) is 212 Å². The number of fused-ring (bicyclic) bond motifs is 11. The van der Waals surface area contributed by atoms with Gasteiger partial charge in [0, 0.05) is 0 Å². The number of carboxylic acids is 1. The number of aliphatic hydroxyl groups is 3. The number of esters is 1. The lowest BCUT2D eigenvalue weighted by Crippen LogP contribution is -2.89. The van der Waals surface area contributed by atoms with Crippen LogP contribution in [0.1, 0.15) is 92.7 Å². The maximum atomic E-state index is 13.0. The van der Waals surface area contributed by atoms with Crippen LogP contribution >= 0.6 is 0 Å². The van der Waals surface area contributed by atoms with E-state index in [1.165, 1.54) is 9.80 Å². The Kier molecular flexibility index (Phi) is 31.7. The van der Waals surface area contributed by atoms with Crippen molar-refractivity contribution in [2.24, 2.45) is 0 Å². The second-order valence-corrected chi connectivity index (χ2v) is 34.6. The number of β-amino-alcohol motifs (C(OH)–C–C–N with tert-alkyl or cyclic N) is 1. The Bertz CT molecular complexity index is 4910. The predicted molar refractivity (Wildman–Crippen MR) is 451 cm³/mol. The summed E-state index contributed by atoms with van der Waals surface area (Å²) in [5.74, 6) is -5.85. The molecule has 13 saturated heterocycles. The van der Waals surface area contributed by atoms with E-state index in [9.17, 15) is 56.9 Å². The van der Waals surface area contributed by atoms with Gasteiger partial charge in [-0.1, -0.05) is 208 Å². The monoisotopic (exact) mass is 1850 g/mol. The van der Waals surface area contributed by atoms with Gasteiger partial charge in [0.15, 0.2) is 42.4 Å². The summed E-state index contributed by atoms with van der Waals surface area (Å²) in [5.41, 5.74) is 6.19. The Morgan fingerprint density at radius 1 is 0.394 bits per heavy atom. The van der Waals surface area contributed by atoms with E-state index >= 15 is 0 Å². The van der Waals surface area contributed by atoms with Crippen LogP contribution in [0.3, 0.4) is 0 Å². The number of hydrogen-bond acceptors (Lipinski definition) is 28. The fraction of sp³-hybridized carbons (Fsp3) is 0.495. The highest BCUT2D eigenvalue weighted by Gasteiger charge is 2.67. The van der Waals surface area contributed by atoms with Crippen molar-refractivity contribution in [2.75, 3.05) is 45.9 Å². The van der Waals surface area contributed by atoms with Crippen LogP contribution in [-0.4, -0.2) is 281 Å². The number of alkyl halides is 4. The number of benzene rings is 7. The van der Waals surface area contributed by atoms with Gasteiger partial charge in [-0.05, 0) is 87.1 Å². The fourth-order valence-electron chi connectivity index (χ4n) is 18.0. The van der Waals surface area contributed by atoms with Crippen molar-refractivity contribution < 1.29 is 157 Å². The molecule has 23 atom stereocenters. The molecule has 132 heavy (non-hydrogen) atoms. The van der Waals surface area contributed by atoms with Crippen LogP contribution in [0.25, 0.3) is 0 Å². The van der Waals surface area contributed by atoms with Crippen molar-refractivity contribution >= 4 is 36.3 Å². The first-order valence-corrected chi connectivity index (χ1v) is 43.3. The molecule has 7 aromatic carbocycles. The Balaban J connectivity index is 0.000000133. The van der Waals surface area contributed by atoms with E-state index in [0.29, 0.717) is 45.0 Å². The van der Waals surface area contributed by atoms with Gasteiger partial charge in [-0.2, -0.15) is 13.2 Å². The molecule has 37 heteroatoms. The molecular formula is C95H111F4N5O28. The standard InChI is InChI=1S/C24H25NO7.C24H27NO6.C21H23NO5.C17H21NO6.C6H10FNO2.C2HF3O2.CH4/c1-24(2)31-20-18-19(30-22(20)32-24)17(29-21(26)16-11-7-4-8-12-16)13-25(18)23(27)28-14-15-9-5-3-6-10-15;1-24(2)30-21-19-20(29-22(21)31-24)18(27-14-16-9-5-3-6-10-16)13-25(19)23(26)28-15-17-11-7-4-8-12-17;23-17-14-26-20-18(25-12-15-7-3-1-4-8-15)11-22(19(17)20)21(24)27-13-16-9-5-2-6-10-16;1-17(2)23-14-12-13(22-15(14)24-17)11(19)8-18(12)16(20)21-9-10-6-4-3-5-7-10;7-3-1-8-5-4(9)2-10-6(3)5;3-2(4,5)1(6)7;/h3-12,17-20,22H,13-14H2,1-2H3;3-12,18-22H,13-15H2,1-2H3;1-10,17-20,23H,11-14H2;3-7,11-15,19H,8-9H2,1-2H3;3-6,8-9H,1-2H2;(H,6,7);1H4/t17-,18-,19+,20+,22+;18-,19-,20+,21+,22+;17-,18-,19+,20+;11-,12+,13-,14-,15-;3-,4+,5-,6-;;/m00011../s1. The number of likely N-dealkylation sites (tertiary alicyclic amines) is 4. The van der Waals surface area contributed by atoms with E-state index in [-0.39, 0.29) is 102 Å². The molecule has 0 spiro atoms. The van der Waals surface area contributed by atoms with Gasteiger partial charge in [0.05, 0.1) is 82.3 Å². The molecule has 0 aromatic heterocycles. The van der Waals surface area contributed by atoms with Crippen LogP contribution in [-0.2, 0) is 130 Å². The van der Waals surface area contributed by atoms with E-state index < -0.39 is 152 Å². The first-order valence-electron chi connectivity index (χ1n) is 43.3. The van der Waals surface area contributed by atoms with Crippen molar-refractivity contribution in [1.29, 1.82) is 0 Å². The minimum absolute atomic E-state index is 0. The van der Waals surface area contributed by atoms with E-state index in [0.717, 1.165) is 33.4 Å². The molecule has 33 nitrogen and oxygen atoms in total. The Morgan fingerprint density at radius 2 is 0.697 bits per heavy atom. The van der Waals surface area contributed by atoms with Crippen LogP contribution in [0.5, 0.6) is 0 Å². The third kappa shape index (κ3) is 23.7. The highest BCUT2D eigenvalue weighted by atomic mass is 19.4. The molecule has 5 N–H and O–H groups in total. The number of amides is 4. The lowest BCUT2D eigenvalue weighted by Gasteiger charge is -2.27. The zero-order chi connectivity index (χ0) is 92.5. The Morgan fingerprint density at radius 3 is 1.07 bits per heavy atom. The number of carbonyl (C=O) groups is 6. The molecule has 7 aromatic rings. The average Bonchev–Trinajstić information content (AvgIpc) is 1.58. The number of aliphatic hydroxyl groups excluding tert-OH is 3. The molecule has 20 rings (SSSR count). The summed E-state index contributed by atoms with van der Waals surface area (Å²) in [7, 11) is 0. The molecule has 0 unspecified atom stereocenters. The first kappa shape index (κ1) is 97.6. The third-order valence-electron chi connectivity index (χ3n) is 23.9. The number of nitrogens with two attached hydrogens (primary N) is 1. The number of carboxylic acid groups (broad SMARTS) is 1. The molecule has 0 aliphatic carbocycles. The number of rotatable bonds is 16. The molecule has 13 aliphatic heterocycles. The molecule has 13 fully saturated rings. The smallest absolute Gasteiger partial charge is 0.430 e. The molecule has 0 saturated carbocycles. The Labute approximate surface area is 760 Å². The number of halogens is 4. The number of aliphatic carboxylic acids is 1. The largest absolute Gasteiger partial charge is 0.542 e. The SMILES string of the molecule is C.CC1(C)O[C@H]2O[C@H]3[C@@H]([C@H]2O1)N(C(=O)OCc1ccccc1)C[C@@H]3OC(=O)c1ccccc1.CC1(C)O[C@H]2O[C@H]3[C@@H]([C@H]2O1)N(C(=O)OCc1ccccc1)C[C@@H]3OCc1ccccc1.CC1(C)O[C@H]2O[C@H]3[C@@H]([C@H]2O1)N(C(=O)OCc1ccccc1)C[C@H]3O.O=C(OCc1ccccc1)N1C[C@H](OCc2ccccc2)[C@H]2OC[C@H](O)[C@H]21.O=C([O-])C(F)(F)F.O[C@H]1CO[C@H]2[C@@H]1[NH2+]C[C@H]2F. The second-order valence-electron chi connectivity index (χ2n) is 34.6. The minimum atomic E-state index is -5.19. The van der Waals surface area contributed by atoms with Crippen molar-refractivity contribution in [3.63, 3.8) is 0 Å². The van der Waals surface area contributed by atoms with Gasteiger partial charge in [0.1, 0.15) is 130 Å². The lowest BCUT2D eigenvalue weighted by atomic mass is 10.1. The quantitative estimate of drug-likeness (QED) is 0.0402. The molecule has 712 valence electrons. The topological polar surface area (TPSA) is 382 Å². The van der Waals surface area contributed by atoms with E-state index in [1.807, 2.05) is 207 Å².